The number of sulfonamides is 1. The Morgan fingerprint density at radius 2 is 1.70 bits per heavy atom. The SMILES string of the molecule is CNCCN(C)C(=O)c1ccc(NS(=O)(=O)c2cc(C)ccc2C)cc1.Cl. The molecule has 0 heterocycles. The van der Waals surface area contributed by atoms with Crippen molar-refractivity contribution in [2.24, 2.45) is 0 Å². The standard InChI is InChI=1S/C19H25N3O3S.ClH/c1-14-5-6-15(2)18(13-14)26(24,25)21-17-9-7-16(8-10-17)19(23)22(4)12-11-20-3;/h5-10,13,20-21H,11-12H2,1-4H3;1H. The van der Waals surface area contributed by atoms with Gasteiger partial charge >= 0.3 is 0 Å². The van der Waals surface area contributed by atoms with E-state index in [9.17, 15) is 13.2 Å². The minimum Gasteiger partial charge on any atom is -0.340 e. The normalized spacial score (nSPS) is 10.8. The van der Waals surface area contributed by atoms with Gasteiger partial charge in [0.25, 0.3) is 15.9 Å². The summed E-state index contributed by atoms with van der Waals surface area (Å²) in [6.45, 7) is 4.91. The molecule has 6 nitrogen and oxygen atoms in total. The predicted octanol–water partition coefficient (Wildman–Crippen LogP) is 2.82. The highest BCUT2D eigenvalue weighted by molar-refractivity contribution is 7.92. The van der Waals surface area contributed by atoms with Crippen LogP contribution in [0, 0.1) is 13.8 Å². The summed E-state index contributed by atoms with van der Waals surface area (Å²) in [6.07, 6.45) is 0. The molecule has 2 aromatic carbocycles. The molecule has 0 atom stereocenters. The Labute approximate surface area is 167 Å². The van der Waals surface area contributed by atoms with Crippen LogP contribution in [0.4, 0.5) is 5.69 Å². The van der Waals surface area contributed by atoms with Crippen LogP contribution >= 0.6 is 12.4 Å². The van der Waals surface area contributed by atoms with Crippen molar-refractivity contribution in [2.75, 3.05) is 31.9 Å². The zero-order chi connectivity index (χ0) is 19.3. The lowest BCUT2D eigenvalue weighted by Gasteiger charge is -2.17. The molecule has 0 bridgehead atoms. The van der Waals surface area contributed by atoms with Crippen LogP contribution in [-0.2, 0) is 10.0 Å². The van der Waals surface area contributed by atoms with Gasteiger partial charge in [0.2, 0.25) is 0 Å². The maximum Gasteiger partial charge on any atom is 0.262 e. The molecule has 0 saturated carbocycles. The van der Waals surface area contributed by atoms with Crippen LogP contribution in [0.15, 0.2) is 47.4 Å². The number of hydrogen-bond donors (Lipinski definition) is 2. The van der Waals surface area contributed by atoms with Gasteiger partial charge in [-0.05, 0) is 62.4 Å². The molecule has 0 radical (unpaired) electrons. The summed E-state index contributed by atoms with van der Waals surface area (Å²) in [5.74, 6) is -0.107. The Morgan fingerprint density at radius 3 is 2.30 bits per heavy atom. The lowest BCUT2D eigenvalue weighted by molar-refractivity contribution is 0.0797. The highest BCUT2D eigenvalue weighted by Gasteiger charge is 2.18. The second-order valence-electron chi connectivity index (χ2n) is 6.28. The fraction of sp³-hybridized carbons (Fsp3) is 0.316. The lowest BCUT2D eigenvalue weighted by Crippen LogP contribution is -2.32. The Balaban J connectivity index is 0.00000364. The average Bonchev–Trinajstić information content (AvgIpc) is 2.61. The van der Waals surface area contributed by atoms with E-state index in [1.807, 2.05) is 20.0 Å². The predicted molar refractivity (Wildman–Crippen MR) is 111 cm³/mol. The first-order valence-electron chi connectivity index (χ1n) is 8.35. The molecule has 148 valence electrons. The van der Waals surface area contributed by atoms with Gasteiger partial charge in [0.05, 0.1) is 4.90 Å². The van der Waals surface area contributed by atoms with Crippen LogP contribution in [0.2, 0.25) is 0 Å². The van der Waals surface area contributed by atoms with Crippen LogP contribution in [0.3, 0.4) is 0 Å². The molecule has 0 fully saturated rings. The second-order valence-corrected chi connectivity index (χ2v) is 7.93. The number of anilines is 1. The molecule has 8 heteroatoms. The molecule has 2 aromatic rings. The number of benzene rings is 2. The third-order valence-electron chi connectivity index (χ3n) is 4.06. The summed E-state index contributed by atoms with van der Waals surface area (Å²) < 4.78 is 27.8. The van der Waals surface area contributed by atoms with Crippen molar-refractivity contribution in [1.82, 2.24) is 10.2 Å². The fourth-order valence-corrected chi connectivity index (χ4v) is 3.88. The Morgan fingerprint density at radius 1 is 1.07 bits per heavy atom. The molecule has 27 heavy (non-hydrogen) atoms. The Bertz CT molecular complexity index is 884. The Hall–Kier alpha value is -2.09. The van der Waals surface area contributed by atoms with E-state index in [4.69, 9.17) is 0 Å². The van der Waals surface area contributed by atoms with E-state index in [0.29, 0.717) is 29.9 Å². The van der Waals surface area contributed by atoms with Crippen molar-refractivity contribution in [3.8, 4) is 0 Å². The van der Waals surface area contributed by atoms with Crippen molar-refractivity contribution in [1.29, 1.82) is 0 Å². The summed E-state index contributed by atoms with van der Waals surface area (Å²) in [7, 11) is -0.120. The van der Waals surface area contributed by atoms with Gasteiger partial charge in [-0.25, -0.2) is 8.42 Å². The maximum atomic E-state index is 12.6. The number of nitrogens with one attached hydrogen (secondary N) is 2. The van der Waals surface area contributed by atoms with Crippen molar-refractivity contribution in [3.63, 3.8) is 0 Å². The van der Waals surface area contributed by atoms with Crippen molar-refractivity contribution in [2.45, 2.75) is 18.7 Å². The molecule has 0 unspecified atom stereocenters. The van der Waals surface area contributed by atoms with E-state index in [0.717, 1.165) is 5.56 Å². The molecular formula is C19H26ClN3O3S. The largest absolute Gasteiger partial charge is 0.340 e. The molecule has 2 rings (SSSR count). The molecule has 0 saturated heterocycles. The van der Waals surface area contributed by atoms with E-state index in [2.05, 4.69) is 10.0 Å². The van der Waals surface area contributed by atoms with Crippen LogP contribution in [0.1, 0.15) is 21.5 Å². The number of amides is 1. The zero-order valence-electron chi connectivity index (χ0n) is 15.9. The summed E-state index contributed by atoms with van der Waals surface area (Å²) in [5.41, 5.74) is 2.49. The van der Waals surface area contributed by atoms with E-state index < -0.39 is 10.0 Å². The van der Waals surface area contributed by atoms with Crippen LogP contribution < -0.4 is 10.0 Å². The lowest BCUT2D eigenvalue weighted by atomic mass is 10.2. The van der Waals surface area contributed by atoms with Gasteiger partial charge in [0.15, 0.2) is 0 Å². The van der Waals surface area contributed by atoms with Gasteiger partial charge in [-0.15, -0.1) is 12.4 Å². The number of rotatable bonds is 7. The highest BCUT2D eigenvalue weighted by atomic mass is 35.5. The Kier molecular flexibility index (Phi) is 8.27. The molecule has 1 amide bonds. The summed E-state index contributed by atoms with van der Waals surface area (Å²) in [6, 6.07) is 11.8. The number of carbonyl (C=O) groups is 1. The van der Waals surface area contributed by atoms with Crippen molar-refractivity contribution in [3.05, 3.63) is 59.2 Å². The van der Waals surface area contributed by atoms with E-state index in [-0.39, 0.29) is 23.2 Å². The topological polar surface area (TPSA) is 78.5 Å². The van der Waals surface area contributed by atoms with Crippen LogP contribution in [0.25, 0.3) is 0 Å². The number of likely N-dealkylation sites (N-methyl/N-ethyl adjacent to an activating group) is 2. The molecule has 2 N–H and O–H groups in total. The average molecular weight is 412 g/mol. The fourth-order valence-electron chi connectivity index (χ4n) is 2.49. The smallest absolute Gasteiger partial charge is 0.262 e. The quantitative estimate of drug-likeness (QED) is 0.734. The minimum atomic E-state index is -3.68. The molecule has 0 spiro atoms. The van der Waals surface area contributed by atoms with E-state index in [1.165, 1.54) is 0 Å². The van der Waals surface area contributed by atoms with E-state index >= 15 is 0 Å². The van der Waals surface area contributed by atoms with E-state index in [1.54, 1.807) is 55.3 Å². The third-order valence-corrected chi connectivity index (χ3v) is 5.58. The second kappa shape index (κ2) is 9.73. The van der Waals surface area contributed by atoms with Gasteiger partial charge in [-0.1, -0.05) is 12.1 Å². The molecule has 0 aromatic heterocycles. The zero-order valence-corrected chi connectivity index (χ0v) is 17.6. The molecule has 0 aliphatic carbocycles. The molecular weight excluding hydrogens is 386 g/mol. The van der Waals surface area contributed by atoms with Gasteiger partial charge < -0.3 is 10.2 Å². The molecule has 0 aliphatic rings. The first-order chi connectivity index (χ1) is 12.2. The number of aryl methyl sites for hydroxylation is 2. The van der Waals surface area contributed by atoms with Crippen molar-refractivity contribution >= 4 is 34.0 Å². The number of hydrogen-bond acceptors (Lipinski definition) is 4. The van der Waals surface area contributed by atoms with Gasteiger partial charge in [0, 0.05) is 31.4 Å². The first-order valence-corrected chi connectivity index (χ1v) is 9.83. The van der Waals surface area contributed by atoms with Crippen LogP contribution in [-0.4, -0.2) is 46.4 Å². The first kappa shape index (κ1) is 23.0. The number of halogens is 1. The van der Waals surface area contributed by atoms with Crippen LogP contribution in [0.5, 0.6) is 0 Å². The van der Waals surface area contributed by atoms with Gasteiger partial charge in [0.1, 0.15) is 0 Å². The van der Waals surface area contributed by atoms with Gasteiger partial charge in [-0.3, -0.25) is 9.52 Å². The maximum absolute atomic E-state index is 12.6. The summed E-state index contributed by atoms with van der Waals surface area (Å²) in [5, 5.41) is 2.99. The molecule has 0 aliphatic heterocycles. The number of nitrogens with zero attached hydrogens (tertiary/aromatic N) is 1. The number of carbonyl (C=O) groups excluding carboxylic acids is 1. The summed E-state index contributed by atoms with van der Waals surface area (Å²) >= 11 is 0. The van der Waals surface area contributed by atoms with Crippen molar-refractivity contribution < 1.29 is 13.2 Å². The highest BCUT2D eigenvalue weighted by Crippen LogP contribution is 2.21. The summed E-state index contributed by atoms with van der Waals surface area (Å²) in [4.78, 5) is 14.2. The minimum absolute atomic E-state index is 0. The van der Waals surface area contributed by atoms with Gasteiger partial charge in [-0.2, -0.15) is 0 Å². The monoisotopic (exact) mass is 411 g/mol. The third kappa shape index (κ3) is 5.95.